The fraction of sp³-hybridized carbons (Fsp3) is 0.500. The molecule has 1 aliphatic heterocycles. The maximum atomic E-state index is 12.3. The van der Waals surface area contributed by atoms with Crippen LogP contribution in [0.25, 0.3) is 0 Å². The van der Waals surface area contributed by atoms with Gasteiger partial charge >= 0.3 is 0 Å². The molecule has 0 bridgehead atoms. The smallest absolute Gasteiger partial charge is 0.272 e. The van der Waals surface area contributed by atoms with Crippen molar-refractivity contribution in [3.05, 3.63) is 29.6 Å². The molecule has 2 fully saturated rings. The van der Waals surface area contributed by atoms with E-state index in [4.69, 9.17) is 5.26 Å². The number of carbonyl (C=O) groups is 1. The van der Waals surface area contributed by atoms with E-state index in [0.717, 1.165) is 12.8 Å². The van der Waals surface area contributed by atoms with Gasteiger partial charge in [0, 0.05) is 25.2 Å². The summed E-state index contributed by atoms with van der Waals surface area (Å²) >= 11 is 0. The van der Waals surface area contributed by atoms with E-state index in [1.165, 1.54) is 6.20 Å². The molecule has 0 spiro atoms. The number of aromatic nitrogens is 1. The van der Waals surface area contributed by atoms with E-state index in [1.54, 1.807) is 17.0 Å². The second kappa shape index (κ2) is 4.63. The Morgan fingerprint density at radius 3 is 2.89 bits per heavy atom. The van der Waals surface area contributed by atoms with Crippen LogP contribution in [0.1, 0.15) is 28.9 Å². The fourth-order valence-corrected chi connectivity index (χ4v) is 3.15. The molecule has 5 nitrogen and oxygen atoms in total. The Balaban J connectivity index is 1.73. The predicted octanol–water partition coefficient (Wildman–Crippen LogP) is 0.796. The number of amides is 1. The largest absolute Gasteiger partial charge is 0.393 e. The van der Waals surface area contributed by atoms with Gasteiger partial charge in [-0.2, -0.15) is 5.26 Å². The third kappa shape index (κ3) is 2.08. The summed E-state index contributed by atoms with van der Waals surface area (Å²) in [5, 5.41) is 18.6. The number of likely N-dealkylation sites (tertiary alicyclic amines) is 1. The lowest BCUT2D eigenvalue weighted by atomic mass is 10.00. The van der Waals surface area contributed by atoms with E-state index in [1.807, 2.05) is 6.07 Å². The van der Waals surface area contributed by atoms with Gasteiger partial charge in [-0.05, 0) is 30.9 Å². The summed E-state index contributed by atoms with van der Waals surface area (Å²) in [7, 11) is 0. The molecule has 1 N–H and O–H groups in total. The molecule has 1 saturated carbocycles. The summed E-state index contributed by atoms with van der Waals surface area (Å²) in [5.74, 6) is 0.547. The van der Waals surface area contributed by atoms with Crippen LogP contribution in [0.3, 0.4) is 0 Å². The zero-order chi connectivity index (χ0) is 13.4. The van der Waals surface area contributed by atoms with Crippen molar-refractivity contribution in [3.63, 3.8) is 0 Å². The zero-order valence-electron chi connectivity index (χ0n) is 10.5. The van der Waals surface area contributed by atoms with E-state index in [9.17, 15) is 9.90 Å². The summed E-state index contributed by atoms with van der Waals surface area (Å²) in [5.41, 5.74) is 0.818. The Morgan fingerprint density at radius 2 is 2.26 bits per heavy atom. The van der Waals surface area contributed by atoms with Crippen molar-refractivity contribution in [2.45, 2.75) is 18.9 Å². The first-order valence-corrected chi connectivity index (χ1v) is 6.52. The highest BCUT2D eigenvalue weighted by Gasteiger charge is 2.43. The van der Waals surface area contributed by atoms with E-state index < -0.39 is 0 Å². The molecule has 1 aliphatic carbocycles. The van der Waals surface area contributed by atoms with Crippen molar-refractivity contribution in [2.24, 2.45) is 11.8 Å². The molecule has 1 aromatic rings. The third-order valence-corrected chi connectivity index (χ3v) is 4.22. The molecule has 3 rings (SSSR count). The average molecular weight is 257 g/mol. The number of fused-ring (bicyclic) bond motifs is 1. The Hall–Kier alpha value is -1.93. The van der Waals surface area contributed by atoms with Crippen molar-refractivity contribution in [3.8, 4) is 6.07 Å². The van der Waals surface area contributed by atoms with Crippen LogP contribution in [0, 0.1) is 23.2 Å². The zero-order valence-corrected chi connectivity index (χ0v) is 10.5. The number of aliphatic hydroxyl groups is 1. The minimum Gasteiger partial charge on any atom is -0.393 e. The third-order valence-electron chi connectivity index (χ3n) is 4.22. The first kappa shape index (κ1) is 12.1. The molecule has 0 aromatic carbocycles. The average Bonchev–Trinajstić information content (AvgIpc) is 3.01. The molecular formula is C14H15N3O2. The lowest BCUT2D eigenvalue weighted by molar-refractivity contribution is 0.0746. The maximum Gasteiger partial charge on any atom is 0.272 e. The lowest BCUT2D eigenvalue weighted by Crippen LogP contribution is -2.31. The van der Waals surface area contributed by atoms with Gasteiger partial charge in [0.2, 0.25) is 0 Å². The molecule has 2 aliphatic rings. The number of carbonyl (C=O) groups excluding carboxylic acids is 1. The molecule has 5 heteroatoms. The predicted molar refractivity (Wildman–Crippen MR) is 67.1 cm³/mol. The topological polar surface area (TPSA) is 77.2 Å². The van der Waals surface area contributed by atoms with Crippen LogP contribution in [0.15, 0.2) is 18.3 Å². The van der Waals surface area contributed by atoms with Crippen molar-refractivity contribution in [2.75, 3.05) is 13.1 Å². The monoisotopic (exact) mass is 257 g/mol. The number of hydrogen-bond acceptors (Lipinski definition) is 4. The Labute approximate surface area is 111 Å². The van der Waals surface area contributed by atoms with Crippen LogP contribution >= 0.6 is 0 Å². The number of rotatable bonds is 1. The van der Waals surface area contributed by atoms with Gasteiger partial charge in [-0.3, -0.25) is 4.79 Å². The minimum absolute atomic E-state index is 0.105. The van der Waals surface area contributed by atoms with Gasteiger partial charge < -0.3 is 10.0 Å². The molecule has 2 heterocycles. The van der Waals surface area contributed by atoms with Gasteiger partial charge in [0.05, 0.1) is 11.7 Å². The molecule has 3 unspecified atom stereocenters. The molecule has 1 aromatic heterocycles. The highest BCUT2D eigenvalue weighted by atomic mass is 16.3. The van der Waals surface area contributed by atoms with Gasteiger partial charge in [0.1, 0.15) is 11.8 Å². The van der Waals surface area contributed by atoms with Gasteiger partial charge in [-0.25, -0.2) is 4.98 Å². The molecule has 98 valence electrons. The van der Waals surface area contributed by atoms with Crippen molar-refractivity contribution in [1.82, 2.24) is 9.88 Å². The van der Waals surface area contributed by atoms with Crippen molar-refractivity contribution < 1.29 is 9.90 Å². The van der Waals surface area contributed by atoms with Gasteiger partial charge in [0.15, 0.2) is 0 Å². The summed E-state index contributed by atoms with van der Waals surface area (Å²) in [4.78, 5) is 18.1. The Bertz CT molecular complexity index is 535. The van der Waals surface area contributed by atoms with Gasteiger partial charge in [0.25, 0.3) is 5.91 Å². The van der Waals surface area contributed by atoms with E-state index in [0.29, 0.717) is 30.3 Å². The normalized spacial score (nSPS) is 29.1. The Kier molecular flexibility index (Phi) is 2.96. The highest BCUT2D eigenvalue weighted by Crippen LogP contribution is 2.38. The molecule has 1 amide bonds. The van der Waals surface area contributed by atoms with Crippen molar-refractivity contribution >= 4 is 5.91 Å². The number of nitrogens with zero attached hydrogens (tertiary/aromatic N) is 3. The fourth-order valence-electron chi connectivity index (χ4n) is 3.15. The van der Waals surface area contributed by atoms with Gasteiger partial charge in [-0.1, -0.05) is 0 Å². The summed E-state index contributed by atoms with van der Waals surface area (Å²) in [6.07, 6.45) is 3.00. The van der Waals surface area contributed by atoms with Crippen LogP contribution in [0.4, 0.5) is 0 Å². The SMILES string of the molecule is N#Cc1ccc(C(=O)N2CC3CCC(O)C3C2)nc1. The molecule has 1 saturated heterocycles. The number of aliphatic hydroxyl groups excluding tert-OH is 1. The second-order valence-corrected chi connectivity index (χ2v) is 5.32. The van der Waals surface area contributed by atoms with E-state index in [2.05, 4.69) is 4.98 Å². The first-order valence-electron chi connectivity index (χ1n) is 6.52. The number of hydrogen-bond donors (Lipinski definition) is 1. The van der Waals surface area contributed by atoms with Crippen LogP contribution in [-0.2, 0) is 0 Å². The standard InChI is InChI=1S/C14H15N3O2/c15-5-9-1-3-12(16-6-9)14(19)17-7-10-2-4-13(18)11(10)8-17/h1,3,6,10-11,13,18H,2,4,7-8H2. The first-order chi connectivity index (χ1) is 9.19. The van der Waals surface area contributed by atoms with Crippen LogP contribution < -0.4 is 0 Å². The van der Waals surface area contributed by atoms with Crippen LogP contribution in [0.2, 0.25) is 0 Å². The van der Waals surface area contributed by atoms with Crippen LogP contribution in [-0.4, -0.2) is 40.1 Å². The molecular weight excluding hydrogens is 242 g/mol. The van der Waals surface area contributed by atoms with E-state index >= 15 is 0 Å². The number of pyridine rings is 1. The van der Waals surface area contributed by atoms with E-state index in [-0.39, 0.29) is 17.9 Å². The Morgan fingerprint density at radius 1 is 1.42 bits per heavy atom. The maximum absolute atomic E-state index is 12.3. The van der Waals surface area contributed by atoms with Crippen LogP contribution in [0.5, 0.6) is 0 Å². The minimum atomic E-state index is -0.267. The highest BCUT2D eigenvalue weighted by molar-refractivity contribution is 5.92. The molecule has 0 radical (unpaired) electrons. The number of nitriles is 1. The summed E-state index contributed by atoms with van der Waals surface area (Å²) in [6, 6.07) is 5.17. The quantitative estimate of drug-likeness (QED) is 0.807. The molecule has 3 atom stereocenters. The molecule has 19 heavy (non-hydrogen) atoms. The van der Waals surface area contributed by atoms with Crippen molar-refractivity contribution in [1.29, 1.82) is 5.26 Å². The second-order valence-electron chi connectivity index (χ2n) is 5.32. The summed E-state index contributed by atoms with van der Waals surface area (Å²) < 4.78 is 0. The lowest BCUT2D eigenvalue weighted by Gasteiger charge is -2.17. The summed E-state index contributed by atoms with van der Waals surface area (Å²) in [6.45, 7) is 1.33. The van der Waals surface area contributed by atoms with Gasteiger partial charge in [-0.15, -0.1) is 0 Å².